The first-order valence-corrected chi connectivity index (χ1v) is 8.14. The molecule has 3 aromatic rings. The Morgan fingerprint density at radius 1 is 1.20 bits per heavy atom. The number of para-hydroxylation sites is 1. The van der Waals surface area contributed by atoms with Gasteiger partial charge < -0.3 is 5.73 Å². The predicted molar refractivity (Wildman–Crippen MR) is 87.3 cm³/mol. The number of benzene rings is 1. The number of pyridine rings is 1. The van der Waals surface area contributed by atoms with E-state index in [-0.39, 0.29) is 0 Å². The van der Waals surface area contributed by atoms with Crippen molar-refractivity contribution in [2.45, 2.75) is 23.8 Å². The number of nitrogens with zero attached hydrogens (tertiary/aromatic N) is 2. The van der Waals surface area contributed by atoms with Crippen molar-refractivity contribution in [3.8, 4) is 0 Å². The molecule has 0 fully saturated rings. The molecular formula is C15H15N3S2. The number of rotatable bonds is 3. The van der Waals surface area contributed by atoms with E-state index in [9.17, 15) is 0 Å². The van der Waals surface area contributed by atoms with Crippen molar-refractivity contribution in [1.29, 1.82) is 0 Å². The summed E-state index contributed by atoms with van der Waals surface area (Å²) in [6.07, 6.45) is 0. The molecule has 20 heavy (non-hydrogen) atoms. The van der Waals surface area contributed by atoms with E-state index in [0.29, 0.717) is 5.13 Å². The molecule has 0 atom stereocenters. The molecule has 2 heterocycles. The molecule has 5 heteroatoms. The summed E-state index contributed by atoms with van der Waals surface area (Å²) in [5, 5.41) is 1.86. The second kappa shape index (κ2) is 5.42. The lowest BCUT2D eigenvalue weighted by Gasteiger charge is -2.07. The molecule has 0 radical (unpaired) electrons. The van der Waals surface area contributed by atoms with E-state index in [1.54, 1.807) is 23.1 Å². The van der Waals surface area contributed by atoms with E-state index in [0.717, 1.165) is 22.7 Å². The number of thiazole rings is 1. The highest BCUT2D eigenvalue weighted by molar-refractivity contribution is 8.00. The number of anilines is 1. The highest BCUT2D eigenvalue weighted by Gasteiger charge is 2.09. The molecule has 102 valence electrons. The number of hydrogen-bond acceptors (Lipinski definition) is 5. The van der Waals surface area contributed by atoms with Gasteiger partial charge in [0.1, 0.15) is 0 Å². The van der Waals surface area contributed by atoms with Crippen LogP contribution >= 0.6 is 23.1 Å². The van der Waals surface area contributed by atoms with Crippen molar-refractivity contribution in [1.82, 2.24) is 9.97 Å². The molecule has 3 nitrogen and oxygen atoms in total. The zero-order valence-electron chi connectivity index (χ0n) is 11.4. The monoisotopic (exact) mass is 301 g/mol. The van der Waals surface area contributed by atoms with Crippen LogP contribution in [0.1, 0.15) is 17.0 Å². The molecule has 0 unspecified atom stereocenters. The Kier molecular flexibility index (Phi) is 3.63. The topological polar surface area (TPSA) is 51.8 Å². The highest BCUT2D eigenvalue weighted by atomic mass is 32.2. The molecule has 0 aliphatic rings. The van der Waals surface area contributed by atoms with E-state index in [4.69, 9.17) is 5.73 Å². The van der Waals surface area contributed by atoms with Gasteiger partial charge in [-0.1, -0.05) is 29.5 Å². The van der Waals surface area contributed by atoms with Gasteiger partial charge in [-0.15, -0.1) is 11.8 Å². The van der Waals surface area contributed by atoms with Crippen LogP contribution in [0.2, 0.25) is 0 Å². The Labute approximate surface area is 126 Å². The Balaban J connectivity index is 1.92. The number of aryl methyl sites for hydroxylation is 2. The molecule has 0 spiro atoms. The van der Waals surface area contributed by atoms with Crippen LogP contribution in [0.4, 0.5) is 5.13 Å². The maximum absolute atomic E-state index is 5.75. The van der Waals surface area contributed by atoms with E-state index in [1.807, 2.05) is 19.9 Å². The van der Waals surface area contributed by atoms with Crippen LogP contribution in [0.15, 0.2) is 34.5 Å². The van der Waals surface area contributed by atoms with Crippen molar-refractivity contribution < 1.29 is 0 Å². The maximum atomic E-state index is 5.75. The van der Waals surface area contributed by atoms with Crippen LogP contribution in [0.3, 0.4) is 0 Å². The Hall–Kier alpha value is -1.59. The molecule has 3 rings (SSSR count). The summed E-state index contributed by atoms with van der Waals surface area (Å²) in [4.78, 5) is 8.84. The minimum absolute atomic E-state index is 0.640. The van der Waals surface area contributed by atoms with Crippen LogP contribution < -0.4 is 5.73 Å². The van der Waals surface area contributed by atoms with Crippen molar-refractivity contribution in [2.24, 2.45) is 0 Å². The van der Waals surface area contributed by atoms with Gasteiger partial charge in [-0.25, -0.2) is 4.98 Å². The third-order valence-electron chi connectivity index (χ3n) is 3.06. The van der Waals surface area contributed by atoms with E-state index >= 15 is 0 Å². The molecule has 2 aromatic heterocycles. The van der Waals surface area contributed by atoms with Gasteiger partial charge in [-0.05, 0) is 31.5 Å². The van der Waals surface area contributed by atoms with Crippen LogP contribution in [-0.4, -0.2) is 9.97 Å². The molecular weight excluding hydrogens is 286 g/mol. The van der Waals surface area contributed by atoms with E-state index in [1.165, 1.54) is 15.2 Å². The Morgan fingerprint density at radius 2 is 2.00 bits per heavy atom. The predicted octanol–water partition coefficient (Wildman–Crippen LogP) is 4.18. The third-order valence-corrected chi connectivity index (χ3v) is 5.46. The largest absolute Gasteiger partial charge is 0.375 e. The van der Waals surface area contributed by atoms with Gasteiger partial charge in [-0.2, -0.15) is 0 Å². The molecule has 2 N–H and O–H groups in total. The number of hydrogen-bond donors (Lipinski definition) is 1. The van der Waals surface area contributed by atoms with Crippen molar-refractivity contribution in [3.05, 3.63) is 47.3 Å². The summed E-state index contributed by atoms with van der Waals surface area (Å²) in [6.45, 7) is 4.04. The summed E-state index contributed by atoms with van der Waals surface area (Å²) in [5.41, 5.74) is 10.2. The molecule has 0 saturated heterocycles. The van der Waals surface area contributed by atoms with Crippen molar-refractivity contribution >= 4 is 39.1 Å². The first-order valence-electron chi connectivity index (χ1n) is 6.34. The molecule has 0 amide bonds. The van der Waals surface area contributed by atoms with Gasteiger partial charge >= 0.3 is 0 Å². The second-order valence-corrected chi connectivity index (χ2v) is 6.93. The smallest absolute Gasteiger partial charge is 0.181 e. The van der Waals surface area contributed by atoms with Gasteiger partial charge in [0.15, 0.2) is 5.13 Å². The SMILES string of the molecule is Cc1cc(CSc2sc(N)nc2C)c2ccccc2n1. The van der Waals surface area contributed by atoms with Crippen LogP contribution in [0.5, 0.6) is 0 Å². The molecule has 0 saturated carbocycles. The van der Waals surface area contributed by atoms with Crippen LogP contribution in [-0.2, 0) is 5.75 Å². The average Bonchev–Trinajstić information content (AvgIpc) is 2.74. The molecule has 0 bridgehead atoms. The number of nitrogen functional groups attached to an aromatic ring is 1. The Morgan fingerprint density at radius 3 is 2.75 bits per heavy atom. The fraction of sp³-hybridized carbons (Fsp3) is 0.200. The van der Waals surface area contributed by atoms with Crippen molar-refractivity contribution in [3.63, 3.8) is 0 Å². The number of fused-ring (bicyclic) bond motifs is 1. The zero-order valence-corrected chi connectivity index (χ0v) is 13.0. The quantitative estimate of drug-likeness (QED) is 0.737. The van der Waals surface area contributed by atoms with E-state index < -0.39 is 0 Å². The minimum Gasteiger partial charge on any atom is -0.375 e. The van der Waals surface area contributed by atoms with E-state index in [2.05, 4.69) is 34.2 Å². The number of thioether (sulfide) groups is 1. The highest BCUT2D eigenvalue weighted by Crippen LogP contribution is 2.34. The van der Waals surface area contributed by atoms with Gasteiger partial charge in [0.05, 0.1) is 15.4 Å². The summed E-state index contributed by atoms with van der Waals surface area (Å²) in [5.74, 6) is 0.909. The zero-order chi connectivity index (χ0) is 14.1. The first-order chi connectivity index (χ1) is 9.63. The maximum Gasteiger partial charge on any atom is 0.181 e. The third kappa shape index (κ3) is 2.64. The normalized spacial score (nSPS) is 11.1. The first kappa shape index (κ1) is 13.4. The fourth-order valence-electron chi connectivity index (χ4n) is 2.19. The lowest BCUT2D eigenvalue weighted by atomic mass is 10.1. The van der Waals surface area contributed by atoms with Crippen molar-refractivity contribution in [2.75, 3.05) is 5.73 Å². The lowest BCUT2D eigenvalue weighted by molar-refractivity contribution is 1.21. The summed E-state index contributed by atoms with van der Waals surface area (Å²) >= 11 is 3.35. The number of aromatic nitrogens is 2. The van der Waals surface area contributed by atoms with Gasteiger partial charge in [0.25, 0.3) is 0 Å². The average molecular weight is 301 g/mol. The lowest BCUT2D eigenvalue weighted by Crippen LogP contribution is -1.90. The molecule has 0 aliphatic carbocycles. The van der Waals surface area contributed by atoms with Gasteiger partial charge in [0, 0.05) is 16.8 Å². The fourth-order valence-corrected chi connectivity index (χ4v) is 4.21. The van der Waals surface area contributed by atoms with Crippen LogP contribution in [0, 0.1) is 13.8 Å². The molecule has 1 aromatic carbocycles. The van der Waals surface area contributed by atoms with Gasteiger partial charge in [-0.3, -0.25) is 4.98 Å². The minimum atomic E-state index is 0.640. The summed E-state index contributed by atoms with van der Waals surface area (Å²) in [7, 11) is 0. The summed E-state index contributed by atoms with van der Waals surface area (Å²) in [6, 6.07) is 10.4. The number of nitrogens with two attached hydrogens (primary N) is 1. The second-order valence-electron chi connectivity index (χ2n) is 4.65. The van der Waals surface area contributed by atoms with Gasteiger partial charge in [0.2, 0.25) is 0 Å². The summed E-state index contributed by atoms with van der Waals surface area (Å²) < 4.78 is 1.20. The van der Waals surface area contributed by atoms with Crippen LogP contribution in [0.25, 0.3) is 10.9 Å². The Bertz CT molecular complexity index is 765. The standard InChI is InChI=1S/C15H15N3S2/c1-9-7-11(12-5-3-4-6-13(12)17-9)8-19-14-10(2)18-15(16)20-14/h3-7H,8H2,1-2H3,(H2,16,18). The molecule has 0 aliphatic heterocycles.